The molecule has 1 aromatic heterocycles. The Labute approximate surface area is 126 Å². The highest BCUT2D eigenvalue weighted by atomic mass is 16.5. The predicted molar refractivity (Wildman–Crippen MR) is 83.8 cm³/mol. The molecular weight excluding hydrogens is 264 g/mol. The number of benzene rings is 1. The summed E-state index contributed by atoms with van der Waals surface area (Å²) in [6.45, 7) is 3.04. The van der Waals surface area contributed by atoms with Crippen LogP contribution in [0.5, 0.6) is 0 Å². The van der Waals surface area contributed by atoms with E-state index in [4.69, 9.17) is 4.52 Å². The average molecular weight is 288 g/mol. The van der Waals surface area contributed by atoms with Gasteiger partial charge in [0.1, 0.15) is 0 Å². The molecule has 0 amide bonds. The highest BCUT2D eigenvalue weighted by molar-refractivity contribution is 5.54. The van der Waals surface area contributed by atoms with Gasteiger partial charge < -0.3 is 9.42 Å². The summed E-state index contributed by atoms with van der Waals surface area (Å²) in [5.74, 6) is 1.33. The van der Waals surface area contributed by atoms with Crippen molar-refractivity contribution in [1.82, 2.24) is 19.9 Å². The van der Waals surface area contributed by atoms with E-state index in [0.717, 1.165) is 18.5 Å². The minimum atomic E-state index is 0.166. The fourth-order valence-corrected chi connectivity index (χ4v) is 2.37. The number of rotatable bonds is 6. The Morgan fingerprint density at radius 1 is 1.10 bits per heavy atom. The third-order valence-corrected chi connectivity index (χ3v) is 3.45. The van der Waals surface area contributed by atoms with Crippen LogP contribution in [-0.4, -0.2) is 48.1 Å². The molecule has 0 N–H and O–H groups in total. The molecule has 0 saturated heterocycles. The van der Waals surface area contributed by atoms with Gasteiger partial charge in [-0.25, -0.2) is 0 Å². The minimum absolute atomic E-state index is 0.166. The lowest BCUT2D eigenvalue weighted by Crippen LogP contribution is -2.19. The highest BCUT2D eigenvalue weighted by Gasteiger charge is 2.19. The zero-order valence-electron chi connectivity index (χ0n) is 13.5. The third-order valence-electron chi connectivity index (χ3n) is 3.45. The van der Waals surface area contributed by atoms with Crippen molar-refractivity contribution in [2.75, 3.05) is 28.2 Å². The van der Waals surface area contributed by atoms with E-state index in [0.29, 0.717) is 11.7 Å². The second kappa shape index (κ2) is 6.83. The van der Waals surface area contributed by atoms with Crippen LogP contribution in [0.2, 0.25) is 0 Å². The SMILES string of the molecule is CC[C@@H](c1nc(-c2ccc(CN(C)C)cc2)no1)N(C)C. The van der Waals surface area contributed by atoms with E-state index in [1.807, 2.05) is 26.2 Å². The van der Waals surface area contributed by atoms with Crippen molar-refractivity contribution in [2.24, 2.45) is 0 Å². The van der Waals surface area contributed by atoms with Gasteiger partial charge >= 0.3 is 0 Å². The Morgan fingerprint density at radius 2 is 1.76 bits per heavy atom. The largest absolute Gasteiger partial charge is 0.337 e. The van der Waals surface area contributed by atoms with Gasteiger partial charge in [0.05, 0.1) is 6.04 Å². The Balaban J connectivity index is 2.17. The predicted octanol–water partition coefficient (Wildman–Crippen LogP) is 2.81. The fraction of sp³-hybridized carbons (Fsp3) is 0.500. The lowest BCUT2D eigenvalue weighted by atomic mass is 10.1. The molecule has 21 heavy (non-hydrogen) atoms. The summed E-state index contributed by atoms with van der Waals surface area (Å²) >= 11 is 0. The summed E-state index contributed by atoms with van der Waals surface area (Å²) in [6, 6.07) is 8.47. The van der Waals surface area contributed by atoms with E-state index < -0.39 is 0 Å². The van der Waals surface area contributed by atoms with Crippen LogP contribution in [0.1, 0.15) is 30.8 Å². The number of aromatic nitrogens is 2. The molecule has 0 bridgehead atoms. The van der Waals surface area contributed by atoms with Gasteiger partial charge in [-0.15, -0.1) is 0 Å². The summed E-state index contributed by atoms with van der Waals surface area (Å²) in [7, 11) is 8.17. The molecule has 1 aromatic carbocycles. The van der Waals surface area contributed by atoms with Gasteiger partial charge in [-0.2, -0.15) is 4.98 Å². The Kier molecular flexibility index (Phi) is 5.09. The maximum absolute atomic E-state index is 5.42. The van der Waals surface area contributed by atoms with Gasteiger partial charge in [0.15, 0.2) is 0 Å². The lowest BCUT2D eigenvalue weighted by Gasteiger charge is -2.18. The van der Waals surface area contributed by atoms with Crippen molar-refractivity contribution >= 4 is 0 Å². The van der Waals surface area contributed by atoms with Crippen LogP contribution in [-0.2, 0) is 6.54 Å². The van der Waals surface area contributed by atoms with Gasteiger partial charge in [-0.1, -0.05) is 36.3 Å². The molecule has 0 aliphatic carbocycles. The number of nitrogens with zero attached hydrogens (tertiary/aromatic N) is 4. The van der Waals surface area contributed by atoms with Crippen molar-refractivity contribution < 1.29 is 4.52 Å². The van der Waals surface area contributed by atoms with Crippen LogP contribution in [0.3, 0.4) is 0 Å². The first-order valence-electron chi connectivity index (χ1n) is 7.25. The number of hydrogen-bond donors (Lipinski definition) is 0. The first-order chi connectivity index (χ1) is 10.0. The quantitative estimate of drug-likeness (QED) is 0.818. The molecule has 114 valence electrons. The average Bonchev–Trinajstić information content (AvgIpc) is 2.89. The molecule has 5 heteroatoms. The third kappa shape index (κ3) is 3.89. The van der Waals surface area contributed by atoms with Gasteiger partial charge in [0, 0.05) is 12.1 Å². The van der Waals surface area contributed by atoms with E-state index in [1.165, 1.54) is 5.56 Å². The van der Waals surface area contributed by atoms with E-state index in [-0.39, 0.29) is 6.04 Å². The molecule has 2 rings (SSSR count). The second-order valence-electron chi connectivity index (χ2n) is 5.78. The summed E-state index contributed by atoms with van der Waals surface area (Å²) in [6.07, 6.45) is 0.941. The standard InChI is InChI=1S/C16H24N4O/c1-6-14(20(4)5)16-17-15(18-21-16)13-9-7-12(8-10-13)11-19(2)3/h7-10,14H,6,11H2,1-5H3/t14-/m0/s1. The van der Waals surface area contributed by atoms with Crippen LogP contribution >= 0.6 is 0 Å². The minimum Gasteiger partial charge on any atom is -0.337 e. The van der Waals surface area contributed by atoms with Gasteiger partial charge in [0.25, 0.3) is 0 Å². The van der Waals surface area contributed by atoms with Crippen molar-refractivity contribution in [2.45, 2.75) is 25.9 Å². The van der Waals surface area contributed by atoms with Crippen LogP contribution in [0, 0.1) is 0 Å². The zero-order valence-corrected chi connectivity index (χ0v) is 13.5. The monoisotopic (exact) mass is 288 g/mol. The molecule has 0 radical (unpaired) electrons. The Bertz CT molecular complexity index is 560. The lowest BCUT2D eigenvalue weighted by molar-refractivity contribution is 0.224. The summed E-state index contributed by atoms with van der Waals surface area (Å²) in [4.78, 5) is 8.77. The van der Waals surface area contributed by atoms with E-state index in [2.05, 4.69) is 53.1 Å². The number of hydrogen-bond acceptors (Lipinski definition) is 5. The molecule has 0 saturated carbocycles. The normalized spacial score (nSPS) is 13.1. The van der Waals surface area contributed by atoms with E-state index >= 15 is 0 Å². The van der Waals surface area contributed by atoms with Gasteiger partial charge in [0.2, 0.25) is 11.7 Å². The van der Waals surface area contributed by atoms with Crippen LogP contribution in [0.25, 0.3) is 11.4 Å². The topological polar surface area (TPSA) is 45.4 Å². The first-order valence-corrected chi connectivity index (χ1v) is 7.25. The van der Waals surface area contributed by atoms with Crippen molar-refractivity contribution in [3.8, 4) is 11.4 Å². The van der Waals surface area contributed by atoms with Crippen molar-refractivity contribution in [1.29, 1.82) is 0 Å². The van der Waals surface area contributed by atoms with Crippen LogP contribution in [0.4, 0.5) is 0 Å². The summed E-state index contributed by atoms with van der Waals surface area (Å²) in [5.41, 5.74) is 2.26. The molecule has 1 heterocycles. The molecule has 0 spiro atoms. The summed E-state index contributed by atoms with van der Waals surface area (Å²) < 4.78 is 5.42. The molecule has 1 atom stereocenters. The first kappa shape index (κ1) is 15.7. The van der Waals surface area contributed by atoms with Gasteiger partial charge in [-0.3, -0.25) is 4.90 Å². The van der Waals surface area contributed by atoms with Crippen molar-refractivity contribution in [3.63, 3.8) is 0 Å². The van der Waals surface area contributed by atoms with Crippen LogP contribution in [0.15, 0.2) is 28.8 Å². The molecule has 0 unspecified atom stereocenters. The van der Waals surface area contributed by atoms with E-state index in [9.17, 15) is 0 Å². The molecular formula is C16H24N4O. The summed E-state index contributed by atoms with van der Waals surface area (Å²) in [5, 5.41) is 4.11. The van der Waals surface area contributed by atoms with Gasteiger partial charge in [-0.05, 0) is 40.2 Å². The smallest absolute Gasteiger partial charge is 0.244 e. The molecule has 0 aliphatic rings. The molecule has 2 aromatic rings. The Hall–Kier alpha value is -1.72. The van der Waals surface area contributed by atoms with Crippen molar-refractivity contribution in [3.05, 3.63) is 35.7 Å². The maximum atomic E-state index is 5.42. The molecule has 0 aliphatic heterocycles. The Morgan fingerprint density at radius 3 is 2.29 bits per heavy atom. The second-order valence-corrected chi connectivity index (χ2v) is 5.78. The molecule has 5 nitrogen and oxygen atoms in total. The molecule has 0 fully saturated rings. The fourth-order valence-electron chi connectivity index (χ4n) is 2.37. The zero-order chi connectivity index (χ0) is 15.4. The van der Waals surface area contributed by atoms with Crippen LogP contribution < -0.4 is 0 Å². The highest BCUT2D eigenvalue weighted by Crippen LogP contribution is 2.23. The maximum Gasteiger partial charge on any atom is 0.244 e. The van der Waals surface area contributed by atoms with E-state index in [1.54, 1.807) is 0 Å².